The molecule has 0 saturated carbocycles. The van der Waals surface area contributed by atoms with E-state index in [0.29, 0.717) is 11.4 Å². The van der Waals surface area contributed by atoms with Crippen LogP contribution in [0.4, 0.5) is 0 Å². The van der Waals surface area contributed by atoms with Gasteiger partial charge in [0.15, 0.2) is 0 Å². The van der Waals surface area contributed by atoms with Gasteiger partial charge in [-0.05, 0) is 23.3 Å². The molecule has 2 aromatic carbocycles. The number of ether oxygens (including phenoxy) is 1. The molecule has 2 atom stereocenters. The topological polar surface area (TPSA) is 32.7 Å². The van der Waals surface area contributed by atoms with Crippen LogP contribution in [-0.4, -0.2) is 42.9 Å². The fourth-order valence-corrected chi connectivity index (χ4v) is 3.65. The van der Waals surface area contributed by atoms with Gasteiger partial charge in [0.2, 0.25) is 0 Å². The van der Waals surface area contributed by atoms with Crippen molar-refractivity contribution in [2.45, 2.75) is 18.9 Å². The first kappa shape index (κ1) is 18.4. The van der Waals surface area contributed by atoms with E-state index in [1.54, 1.807) is 0 Å². The number of benzene rings is 2. The van der Waals surface area contributed by atoms with Gasteiger partial charge in [-0.3, -0.25) is 4.90 Å². The fourth-order valence-electron chi connectivity index (χ4n) is 3.53. The zero-order valence-electron chi connectivity index (χ0n) is 14.7. The van der Waals surface area contributed by atoms with Gasteiger partial charge in [0.05, 0.1) is 18.8 Å². The Hall–Kier alpha value is -1.39. The van der Waals surface area contributed by atoms with Crippen LogP contribution >= 0.6 is 11.6 Å². The first-order valence-electron chi connectivity index (χ1n) is 8.90. The highest BCUT2D eigenvalue weighted by Crippen LogP contribution is 2.35. The molecule has 4 heteroatoms. The van der Waals surface area contributed by atoms with Crippen molar-refractivity contribution in [2.75, 3.05) is 32.8 Å². The minimum Gasteiger partial charge on any atom is -0.384 e. The highest BCUT2D eigenvalue weighted by molar-refractivity contribution is 6.30. The third-order valence-corrected chi connectivity index (χ3v) is 5.36. The van der Waals surface area contributed by atoms with Crippen molar-refractivity contribution < 1.29 is 9.84 Å². The van der Waals surface area contributed by atoms with Crippen molar-refractivity contribution in [1.29, 1.82) is 0 Å². The molecule has 0 spiro atoms. The van der Waals surface area contributed by atoms with Crippen molar-refractivity contribution in [1.82, 2.24) is 4.90 Å². The minimum atomic E-state index is -0.940. The summed E-state index contributed by atoms with van der Waals surface area (Å²) in [6.45, 7) is 6.36. The van der Waals surface area contributed by atoms with Gasteiger partial charge in [-0.25, -0.2) is 0 Å². The molecule has 134 valence electrons. The van der Waals surface area contributed by atoms with Crippen LogP contribution in [0, 0.1) is 5.92 Å². The van der Waals surface area contributed by atoms with E-state index < -0.39 is 5.60 Å². The largest absolute Gasteiger partial charge is 0.384 e. The molecule has 1 aliphatic rings. The van der Waals surface area contributed by atoms with Gasteiger partial charge >= 0.3 is 0 Å². The smallest absolute Gasteiger partial charge is 0.0974 e. The Bertz CT molecular complexity index is 655. The number of halogens is 1. The number of morpholine rings is 1. The second-order valence-electron chi connectivity index (χ2n) is 6.91. The monoisotopic (exact) mass is 359 g/mol. The summed E-state index contributed by atoms with van der Waals surface area (Å²) in [5.74, 6) is 0.0759. The molecule has 25 heavy (non-hydrogen) atoms. The van der Waals surface area contributed by atoms with Crippen molar-refractivity contribution in [3.63, 3.8) is 0 Å². The number of hydrogen-bond acceptors (Lipinski definition) is 3. The molecule has 0 unspecified atom stereocenters. The van der Waals surface area contributed by atoms with Crippen LogP contribution in [0.25, 0.3) is 0 Å². The lowest BCUT2D eigenvalue weighted by Gasteiger charge is -2.39. The molecule has 0 aliphatic carbocycles. The average molecular weight is 360 g/mol. The number of nitrogens with zero attached hydrogens (tertiary/aromatic N) is 1. The van der Waals surface area contributed by atoms with E-state index in [0.717, 1.165) is 44.0 Å². The van der Waals surface area contributed by atoms with E-state index in [1.165, 1.54) is 0 Å². The first-order chi connectivity index (χ1) is 12.1. The minimum absolute atomic E-state index is 0.0759. The van der Waals surface area contributed by atoms with Gasteiger partial charge in [-0.2, -0.15) is 0 Å². The molecule has 3 nitrogen and oxygen atoms in total. The van der Waals surface area contributed by atoms with Crippen LogP contribution in [0.1, 0.15) is 18.1 Å². The molecule has 0 amide bonds. The Morgan fingerprint density at radius 2 is 1.72 bits per heavy atom. The predicted octanol–water partition coefficient (Wildman–Crippen LogP) is 3.74. The van der Waals surface area contributed by atoms with Crippen LogP contribution in [-0.2, 0) is 16.8 Å². The molecule has 1 N–H and O–H groups in total. The molecule has 1 aliphatic heterocycles. The summed E-state index contributed by atoms with van der Waals surface area (Å²) in [6.07, 6.45) is 0.584. The van der Waals surface area contributed by atoms with Crippen molar-refractivity contribution in [3.05, 3.63) is 70.7 Å². The van der Waals surface area contributed by atoms with E-state index in [2.05, 4.69) is 24.0 Å². The third kappa shape index (κ3) is 4.62. The lowest BCUT2D eigenvalue weighted by atomic mass is 9.77. The Balaban J connectivity index is 1.85. The van der Waals surface area contributed by atoms with Gasteiger partial charge in [0.25, 0.3) is 0 Å². The van der Waals surface area contributed by atoms with Gasteiger partial charge in [-0.1, -0.05) is 61.0 Å². The Morgan fingerprint density at radius 1 is 1.08 bits per heavy atom. The van der Waals surface area contributed by atoms with E-state index in [4.69, 9.17) is 16.3 Å². The molecular formula is C21H26ClNO2. The summed E-state index contributed by atoms with van der Waals surface area (Å²) >= 11 is 6.05. The molecule has 1 heterocycles. The summed E-state index contributed by atoms with van der Waals surface area (Å²) < 4.78 is 5.44. The summed E-state index contributed by atoms with van der Waals surface area (Å²) in [5, 5.41) is 12.4. The Morgan fingerprint density at radius 3 is 2.36 bits per heavy atom. The zero-order valence-corrected chi connectivity index (χ0v) is 15.5. The maximum atomic E-state index is 11.7. The van der Waals surface area contributed by atoms with E-state index >= 15 is 0 Å². The van der Waals surface area contributed by atoms with Crippen LogP contribution < -0.4 is 0 Å². The zero-order chi connectivity index (χ0) is 17.7. The lowest BCUT2D eigenvalue weighted by molar-refractivity contribution is -0.0437. The van der Waals surface area contributed by atoms with Crippen LogP contribution in [0.15, 0.2) is 54.6 Å². The second kappa shape index (κ2) is 8.33. The molecule has 1 fully saturated rings. The third-order valence-electron chi connectivity index (χ3n) is 5.11. The predicted molar refractivity (Wildman–Crippen MR) is 102 cm³/mol. The maximum Gasteiger partial charge on any atom is 0.0974 e. The summed E-state index contributed by atoms with van der Waals surface area (Å²) in [6, 6.07) is 17.8. The van der Waals surface area contributed by atoms with Gasteiger partial charge in [-0.15, -0.1) is 0 Å². The second-order valence-corrected chi connectivity index (χ2v) is 7.34. The standard InChI is InChI=1S/C21H26ClNO2/c1-17(16-23-11-13-25-14-12-23)21(24,15-18-5-3-2-4-6-18)19-7-9-20(22)10-8-19/h2-10,17,24H,11-16H2,1H3/t17-,21+/m0/s1. The number of hydrogen-bond donors (Lipinski definition) is 1. The quantitative estimate of drug-likeness (QED) is 0.852. The van der Waals surface area contributed by atoms with E-state index in [-0.39, 0.29) is 5.92 Å². The summed E-state index contributed by atoms with van der Waals surface area (Å²) in [4.78, 5) is 2.38. The highest BCUT2D eigenvalue weighted by atomic mass is 35.5. The Kier molecular flexibility index (Phi) is 6.13. The first-order valence-corrected chi connectivity index (χ1v) is 9.28. The van der Waals surface area contributed by atoms with Crippen molar-refractivity contribution in [3.8, 4) is 0 Å². The van der Waals surface area contributed by atoms with Crippen molar-refractivity contribution >= 4 is 11.6 Å². The van der Waals surface area contributed by atoms with Crippen LogP contribution in [0.2, 0.25) is 5.02 Å². The fraction of sp³-hybridized carbons (Fsp3) is 0.429. The molecule has 3 rings (SSSR count). The Labute approximate surface area is 155 Å². The SMILES string of the molecule is C[C@@H](CN1CCOCC1)[C@](O)(Cc1ccccc1)c1ccc(Cl)cc1. The maximum absolute atomic E-state index is 11.7. The summed E-state index contributed by atoms with van der Waals surface area (Å²) in [7, 11) is 0. The number of aliphatic hydroxyl groups is 1. The molecule has 2 aromatic rings. The highest BCUT2D eigenvalue weighted by Gasteiger charge is 2.37. The molecular weight excluding hydrogens is 334 g/mol. The van der Waals surface area contributed by atoms with Gasteiger partial charge in [0.1, 0.15) is 0 Å². The molecule has 0 aromatic heterocycles. The average Bonchev–Trinajstić information content (AvgIpc) is 2.64. The van der Waals surface area contributed by atoms with E-state index in [9.17, 15) is 5.11 Å². The molecule has 1 saturated heterocycles. The van der Waals surface area contributed by atoms with E-state index in [1.807, 2.05) is 42.5 Å². The molecule has 0 radical (unpaired) electrons. The lowest BCUT2D eigenvalue weighted by Crippen LogP contribution is -2.46. The van der Waals surface area contributed by atoms with Crippen molar-refractivity contribution in [2.24, 2.45) is 5.92 Å². The molecule has 0 bridgehead atoms. The summed E-state index contributed by atoms with van der Waals surface area (Å²) in [5.41, 5.74) is 1.11. The normalized spacial score (nSPS) is 19.3. The van der Waals surface area contributed by atoms with Crippen LogP contribution in [0.3, 0.4) is 0 Å². The van der Waals surface area contributed by atoms with Gasteiger partial charge in [0, 0.05) is 37.0 Å². The number of rotatable bonds is 6. The van der Waals surface area contributed by atoms with Crippen LogP contribution in [0.5, 0.6) is 0 Å². The van der Waals surface area contributed by atoms with Gasteiger partial charge < -0.3 is 9.84 Å².